The average molecular weight is 345 g/mol. The van der Waals surface area contributed by atoms with Crippen molar-refractivity contribution in [1.82, 2.24) is 10.0 Å². The van der Waals surface area contributed by atoms with Crippen LogP contribution in [-0.2, 0) is 23.1 Å². The number of nitrogens with one attached hydrogen (secondary N) is 2. The molecule has 0 radical (unpaired) electrons. The zero-order valence-electron chi connectivity index (χ0n) is 11.8. The molecule has 0 fully saturated rings. The molecule has 0 aliphatic rings. The first-order valence-electron chi connectivity index (χ1n) is 6.38. The summed E-state index contributed by atoms with van der Waals surface area (Å²) < 4.78 is 27.2. The van der Waals surface area contributed by atoms with Gasteiger partial charge in [0.1, 0.15) is 0 Å². The van der Waals surface area contributed by atoms with Crippen LogP contribution in [0.4, 0.5) is 0 Å². The Morgan fingerprint density at radius 1 is 1.19 bits per heavy atom. The van der Waals surface area contributed by atoms with Crippen LogP contribution in [0.5, 0.6) is 0 Å². The third-order valence-electron chi connectivity index (χ3n) is 3.12. The van der Waals surface area contributed by atoms with Crippen LogP contribution in [0, 0.1) is 6.92 Å². The first-order valence-corrected chi connectivity index (χ1v) is 9.19. The Bertz CT molecular complexity index is 726. The first-order chi connectivity index (χ1) is 9.94. The molecule has 21 heavy (non-hydrogen) atoms. The van der Waals surface area contributed by atoms with Gasteiger partial charge in [0.25, 0.3) is 0 Å². The fourth-order valence-corrected chi connectivity index (χ4v) is 4.05. The normalized spacial score (nSPS) is 11.8. The Balaban J connectivity index is 2.16. The SMILES string of the molecule is CNCc1ccc(S(=O)(=O)NCc2cscc2C)cc1Cl. The molecule has 0 atom stereocenters. The van der Waals surface area contributed by atoms with Crippen molar-refractivity contribution in [1.29, 1.82) is 0 Å². The maximum Gasteiger partial charge on any atom is 0.240 e. The molecule has 0 unspecified atom stereocenters. The molecule has 0 bridgehead atoms. The Morgan fingerprint density at radius 3 is 2.52 bits per heavy atom. The Hall–Kier alpha value is -0.920. The van der Waals surface area contributed by atoms with Crippen LogP contribution in [0.1, 0.15) is 16.7 Å². The number of hydrogen-bond acceptors (Lipinski definition) is 4. The van der Waals surface area contributed by atoms with E-state index in [0.717, 1.165) is 16.7 Å². The van der Waals surface area contributed by atoms with Crippen LogP contribution in [0.15, 0.2) is 33.9 Å². The third-order valence-corrected chi connectivity index (χ3v) is 5.78. The largest absolute Gasteiger partial charge is 0.316 e. The summed E-state index contributed by atoms with van der Waals surface area (Å²) in [7, 11) is -1.75. The molecule has 0 aliphatic carbocycles. The smallest absolute Gasteiger partial charge is 0.240 e. The topological polar surface area (TPSA) is 58.2 Å². The lowest BCUT2D eigenvalue weighted by atomic mass is 10.2. The Labute approximate surface area is 134 Å². The molecule has 0 spiro atoms. The highest BCUT2D eigenvalue weighted by molar-refractivity contribution is 7.89. The maximum atomic E-state index is 12.3. The van der Waals surface area contributed by atoms with E-state index in [-0.39, 0.29) is 11.4 Å². The number of benzene rings is 1. The monoisotopic (exact) mass is 344 g/mol. The molecule has 2 N–H and O–H groups in total. The van der Waals surface area contributed by atoms with E-state index >= 15 is 0 Å². The summed E-state index contributed by atoms with van der Waals surface area (Å²) in [5.41, 5.74) is 2.94. The van der Waals surface area contributed by atoms with Crippen molar-refractivity contribution in [3.8, 4) is 0 Å². The second kappa shape index (κ2) is 6.89. The van der Waals surface area contributed by atoms with Gasteiger partial charge in [-0.25, -0.2) is 13.1 Å². The number of aryl methyl sites for hydroxylation is 1. The summed E-state index contributed by atoms with van der Waals surface area (Å²) in [5, 5.41) is 7.37. The molecule has 1 aromatic heterocycles. The van der Waals surface area contributed by atoms with Crippen molar-refractivity contribution in [3.63, 3.8) is 0 Å². The molecule has 7 heteroatoms. The predicted octanol–water partition coefficient (Wildman–Crippen LogP) is 2.91. The fourth-order valence-electron chi connectivity index (χ4n) is 1.85. The fraction of sp³-hybridized carbons (Fsp3) is 0.286. The summed E-state index contributed by atoms with van der Waals surface area (Å²) in [5.74, 6) is 0. The highest BCUT2D eigenvalue weighted by atomic mass is 35.5. The van der Waals surface area contributed by atoms with Gasteiger partial charge in [0.15, 0.2) is 0 Å². The summed E-state index contributed by atoms with van der Waals surface area (Å²) in [4.78, 5) is 0.181. The van der Waals surface area contributed by atoms with E-state index in [1.165, 1.54) is 6.07 Å². The van der Waals surface area contributed by atoms with Gasteiger partial charge in [-0.3, -0.25) is 0 Å². The highest BCUT2D eigenvalue weighted by Crippen LogP contribution is 2.21. The quantitative estimate of drug-likeness (QED) is 0.847. The van der Waals surface area contributed by atoms with E-state index in [1.807, 2.05) is 24.7 Å². The van der Waals surface area contributed by atoms with Crippen molar-refractivity contribution >= 4 is 33.0 Å². The molecule has 2 rings (SSSR count). The van der Waals surface area contributed by atoms with Crippen molar-refractivity contribution in [2.24, 2.45) is 0 Å². The van der Waals surface area contributed by atoms with Crippen LogP contribution in [0.25, 0.3) is 0 Å². The molecule has 114 valence electrons. The second-order valence-corrected chi connectivity index (χ2v) is 7.61. The third kappa shape index (κ3) is 4.05. The van der Waals surface area contributed by atoms with Crippen LogP contribution < -0.4 is 10.0 Å². The number of thiophene rings is 1. The second-order valence-electron chi connectivity index (χ2n) is 4.69. The van der Waals surface area contributed by atoms with Crippen molar-refractivity contribution in [3.05, 3.63) is 50.7 Å². The van der Waals surface area contributed by atoms with Gasteiger partial charge in [-0.2, -0.15) is 11.3 Å². The van der Waals surface area contributed by atoms with Gasteiger partial charge in [-0.15, -0.1) is 0 Å². The molecule has 1 heterocycles. The molecule has 0 saturated carbocycles. The number of sulfonamides is 1. The lowest BCUT2D eigenvalue weighted by Crippen LogP contribution is -2.23. The van der Waals surface area contributed by atoms with E-state index < -0.39 is 10.0 Å². The molecular weight excluding hydrogens is 328 g/mol. The molecule has 0 aliphatic heterocycles. The molecule has 1 aromatic carbocycles. The van der Waals surface area contributed by atoms with Crippen molar-refractivity contribution in [2.45, 2.75) is 24.9 Å². The van der Waals surface area contributed by atoms with Gasteiger partial charge >= 0.3 is 0 Å². The van der Waals surface area contributed by atoms with E-state index in [4.69, 9.17) is 11.6 Å². The van der Waals surface area contributed by atoms with E-state index in [1.54, 1.807) is 23.5 Å². The maximum absolute atomic E-state index is 12.3. The molecular formula is C14H17ClN2O2S2. The molecule has 0 amide bonds. The van der Waals surface area contributed by atoms with E-state index in [2.05, 4.69) is 10.0 Å². The average Bonchev–Trinajstić information content (AvgIpc) is 2.84. The predicted molar refractivity (Wildman–Crippen MR) is 87.3 cm³/mol. The molecule has 4 nitrogen and oxygen atoms in total. The molecule has 0 saturated heterocycles. The van der Waals surface area contributed by atoms with Crippen LogP contribution in [0.2, 0.25) is 5.02 Å². The lowest BCUT2D eigenvalue weighted by Gasteiger charge is -2.09. The number of halogens is 1. The lowest BCUT2D eigenvalue weighted by molar-refractivity contribution is 0.581. The first kappa shape index (κ1) is 16.5. The minimum absolute atomic E-state index is 0.181. The van der Waals surface area contributed by atoms with Gasteiger partial charge in [0, 0.05) is 18.1 Å². The van der Waals surface area contributed by atoms with Gasteiger partial charge in [0.2, 0.25) is 10.0 Å². The van der Waals surface area contributed by atoms with Gasteiger partial charge in [-0.1, -0.05) is 17.7 Å². The van der Waals surface area contributed by atoms with E-state index in [9.17, 15) is 8.42 Å². The van der Waals surface area contributed by atoms with Gasteiger partial charge in [0.05, 0.1) is 4.90 Å². The minimum Gasteiger partial charge on any atom is -0.316 e. The number of rotatable bonds is 6. The highest BCUT2D eigenvalue weighted by Gasteiger charge is 2.16. The van der Waals surface area contributed by atoms with Crippen molar-refractivity contribution in [2.75, 3.05) is 7.05 Å². The zero-order chi connectivity index (χ0) is 15.5. The van der Waals surface area contributed by atoms with Crippen LogP contribution in [-0.4, -0.2) is 15.5 Å². The zero-order valence-corrected chi connectivity index (χ0v) is 14.2. The van der Waals surface area contributed by atoms with Crippen LogP contribution >= 0.6 is 22.9 Å². The minimum atomic E-state index is -3.56. The summed E-state index contributed by atoms with van der Waals surface area (Å²) in [6, 6.07) is 4.78. The summed E-state index contributed by atoms with van der Waals surface area (Å²) in [6.07, 6.45) is 0. The Kier molecular flexibility index (Phi) is 5.40. The van der Waals surface area contributed by atoms with Gasteiger partial charge < -0.3 is 5.32 Å². The number of hydrogen-bond donors (Lipinski definition) is 2. The van der Waals surface area contributed by atoms with E-state index in [0.29, 0.717) is 11.6 Å². The standard InChI is InChI=1S/C14H17ClN2O2S2/c1-10-8-20-9-12(10)7-17-21(18,19)13-4-3-11(6-16-2)14(15)5-13/h3-5,8-9,16-17H,6-7H2,1-2H3. The Morgan fingerprint density at radius 2 is 1.95 bits per heavy atom. The van der Waals surface area contributed by atoms with Gasteiger partial charge in [-0.05, 0) is 53.6 Å². The van der Waals surface area contributed by atoms with Crippen LogP contribution in [0.3, 0.4) is 0 Å². The van der Waals surface area contributed by atoms with Crippen molar-refractivity contribution < 1.29 is 8.42 Å². The molecule has 2 aromatic rings. The summed E-state index contributed by atoms with van der Waals surface area (Å²) >= 11 is 7.67. The summed E-state index contributed by atoms with van der Waals surface area (Å²) in [6.45, 7) is 2.85.